The predicted molar refractivity (Wildman–Crippen MR) is 55.1 cm³/mol. The first-order valence-electron chi connectivity index (χ1n) is 5.44. The van der Waals surface area contributed by atoms with Crippen LogP contribution in [0.5, 0.6) is 0 Å². The molecule has 0 saturated carbocycles. The second kappa shape index (κ2) is 4.28. The van der Waals surface area contributed by atoms with Gasteiger partial charge in [-0.2, -0.15) is 0 Å². The maximum absolute atomic E-state index is 11.0. The van der Waals surface area contributed by atoms with E-state index in [0.29, 0.717) is 6.04 Å². The number of nitrogens with zero attached hydrogens (tertiary/aromatic N) is 2. The van der Waals surface area contributed by atoms with Gasteiger partial charge in [0.1, 0.15) is 0 Å². The maximum atomic E-state index is 11.0. The van der Waals surface area contributed by atoms with Gasteiger partial charge in [0.2, 0.25) is 5.91 Å². The standard InChI is InChI=1S/C10H19N3O/c1-12-4-6-13(7-5-12)8-9-2-3-10(14)11-9/h9H,2-8H2,1H3,(H,11,14)/t9-/m0/s1. The van der Waals surface area contributed by atoms with E-state index in [0.717, 1.165) is 45.6 Å². The normalized spacial score (nSPS) is 30.6. The van der Waals surface area contributed by atoms with E-state index in [-0.39, 0.29) is 5.91 Å². The zero-order valence-corrected chi connectivity index (χ0v) is 8.83. The molecule has 2 aliphatic rings. The van der Waals surface area contributed by atoms with Crippen LogP contribution in [0.15, 0.2) is 0 Å². The van der Waals surface area contributed by atoms with Crippen LogP contribution in [-0.4, -0.2) is 61.5 Å². The number of likely N-dealkylation sites (N-methyl/N-ethyl adjacent to an activating group) is 1. The van der Waals surface area contributed by atoms with Crippen molar-refractivity contribution >= 4 is 5.91 Å². The highest BCUT2D eigenvalue weighted by Gasteiger charge is 2.24. The summed E-state index contributed by atoms with van der Waals surface area (Å²) in [6.07, 6.45) is 1.74. The Balaban J connectivity index is 1.72. The van der Waals surface area contributed by atoms with Gasteiger partial charge in [-0.25, -0.2) is 0 Å². The van der Waals surface area contributed by atoms with Gasteiger partial charge in [-0.05, 0) is 13.5 Å². The summed E-state index contributed by atoms with van der Waals surface area (Å²) in [4.78, 5) is 15.8. The Bertz CT molecular complexity index is 211. The quantitative estimate of drug-likeness (QED) is 0.649. The zero-order chi connectivity index (χ0) is 9.97. The fraction of sp³-hybridized carbons (Fsp3) is 0.900. The van der Waals surface area contributed by atoms with Crippen LogP contribution in [0, 0.1) is 0 Å². The van der Waals surface area contributed by atoms with Crippen molar-refractivity contribution in [2.24, 2.45) is 0 Å². The van der Waals surface area contributed by atoms with Gasteiger partial charge in [0.15, 0.2) is 0 Å². The van der Waals surface area contributed by atoms with E-state index in [2.05, 4.69) is 22.2 Å². The highest BCUT2D eigenvalue weighted by Crippen LogP contribution is 2.09. The highest BCUT2D eigenvalue weighted by atomic mass is 16.1. The van der Waals surface area contributed by atoms with Gasteiger partial charge >= 0.3 is 0 Å². The lowest BCUT2D eigenvalue weighted by atomic mass is 10.2. The van der Waals surface area contributed by atoms with Crippen molar-refractivity contribution in [3.8, 4) is 0 Å². The third kappa shape index (κ3) is 2.45. The zero-order valence-electron chi connectivity index (χ0n) is 8.83. The summed E-state index contributed by atoms with van der Waals surface area (Å²) in [5.41, 5.74) is 0. The van der Waals surface area contributed by atoms with E-state index < -0.39 is 0 Å². The van der Waals surface area contributed by atoms with Gasteiger partial charge < -0.3 is 10.2 Å². The molecule has 0 bridgehead atoms. The van der Waals surface area contributed by atoms with Crippen molar-refractivity contribution in [3.05, 3.63) is 0 Å². The molecule has 4 nitrogen and oxygen atoms in total. The monoisotopic (exact) mass is 197 g/mol. The first-order chi connectivity index (χ1) is 6.74. The Morgan fingerprint density at radius 1 is 1.36 bits per heavy atom. The molecule has 2 heterocycles. The van der Waals surface area contributed by atoms with Crippen molar-refractivity contribution in [2.75, 3.05) is 39.8 Å². The average molecular weight is 197 g/mol. The third-order valence-electron chi connectivity index (χ3n) is 3.16. The Labute approximate surface area is 85.2 Å². The van der Waals surface area contributed by atoms with Crippen LogP contribution < -0.4 is 5.32 Å². The van der Waals surface area contributed by atoms with Crippen molar-refractivity contribution < 1.29 is 4.79 Å². The first kappa shape index (κ1) is 9.93. The van der Waals surface area contributed by atoms with Gasteiger partial charge in [-0.15, -0.1) is 0 Å². The number of piperazine rings is 1. The van der Waals surface area contributed by atoms with Gasteiger partial charge in [0.05, 0.1) is 0 Å². The van der Waals surface area contributed by atoms with Crippen LogP contribution in [0.1, 0.15) is 12.8 Å². The molecule has 80 valence electrons. The van der Waals surface area contributed by atoms with Gasteiger partial charge in [-0.3, -0.25) is 9.69 Å². The topological polar surface area (TPSA) is 35.6 Å². The first-order valence-corrected chi connectivity index (χ1v) is 5.44. The molecule has 0 aromatic rings. The Morgan fingerprint density at radius 2 is 2.07 bits per heavy atom. The van der Waals surface area contributed by atoms with Crippen molar-refractivity contribution in [1.82, 2.24) is 15.1 Å². The molecule has 0 unspecified atom stereocenters. The molecule has 1 atom stereocenters. The fourth-order valence-corrected chi connectivity index (χ4v) is 2.16. The molecule has 1 N–H and O–H groups in total. The summed E-state index contributed by atoms with van der Waals surface area (Å²) in [6.45, 7) is 5.63. The van der Waals surface area contributed by atoms with E-state index in [4.69, 9.17) is 0 Å². The minimum atomic E-state index is 0.226. The summed E-state index contributed by atoms with van der Waals surface area (Å²) < 4.78 is 0. The number of hydrogen-bond acceptors (Lipinski definition) is 3. The molecule has 0 aromatic carbocycles. The molecule has 0 aromatic heterocycles. The lowest BCUT2D eigenvalue weighted by Gasteiger charge is -2.33. The van der Waals surface area contributed by atoms with E-state index in [1.54, 1.807) is 0 Å². The van der Waals surface area contributed by atoms with Crippen LogP contribution >= 0.6 is 0 Å². The summed E-state index contributed by atoms with van der Waals surface area (Å²) >= 11 is 0. The van der Waals surface area contributed by atoms with Gasteiger partial charge in [-0.1, -0.05) is 0 Å². The van der Waals surface area contributed by atoms with Gasteiger partial charge in [0, 0.05) is 45.2 Å². The molecule has 0 radical (unpaired) electrons. The summed E-state index contributed by atoms with van der Waals surface area (Å²) in [7, 11) is 2.16. The second-order valence-electron chi connectivity index (χ2n) is 4.41. The molecule has 2 fully saturated rings. The second-order valence-corrected chi connectivity index (χ2v) is 4.41. The number of carbonyl (C=O) groups is 1. The van der Waals surface area contributed by atoms with E-state index in [9.17, 15) is 4.79 Å². The molecule has 2 aliphatic heterocycles. The smallest absolute Gasteiger partial charge is 0.220 e. The highest BCUT2D eigenvalue weighted by molar-refractivity contribution is 5.78. The maximum Gasteiger partial charge on any atom is 0.220 e. The van der Waals surface area contributed by atoms with Crippen molar-refractivity contribution in [3.63, 3.8) is 0 Å². The molecular weight excluding hydrogens is 178 g/mol. The minimum Gasteiger partial charge on any atom is -0.352 e. The summed E-state index contributed by atoms with van der Waals surface area (Å²) in [6, 6.07) is 0.408. The fourth-order valence-electron chi connectivity index (χ4n) is 2.16. The molecular formula is C10H19N3O. The predicted octanol–water partition coefficient (Wildman–Crippen LogP) is -0.488. The molecule has 4 heteroatoms. The Hall–Kier alpha value is -0.610. The summed E-state index contributed by atoms with van der Waals surface area (Å²) in [5.74, 6) is 0.226. The van der Waals surface area contributed by atoms with Crippen LogP contribution in [0.2, 0.25) is 0 Å². The lowest BCUT2D eigenvalue weighted by Crippen LogP contribution is -2.48. The van der Waals surface area contributed by atoms with Gasteiger partial charge in [0.25, 0.3) is 0 Å². The summed E-state index contributed by atoms with van der Waals surface area (Å²) in [5, 5.41) is 3.02. The molecule has 2 rings (SSSR count). The van der Waals surface area contributed by atoms with Crippen LogP contribution in [0.25, 0.3) is 0 Å². The molecule has 0 aliphatic carbocycles. The van der Waals surface area contributed by atoms with E-state index >= 15 is 0 Å². The van der Waals surface area contributed by atoms with Crippen molar-refractivity contribution in [2.45, 2.75) is 18.9 Å². The Kier molecular flexibility index (Phi) is 3.03. The number of nitrogens with one attached hydrogen (secondary N) is 1. The third-order valence-corrected chi connectivity index (χ3v) is 3.16. The number of amides is 1. The lowest BCUT2D eigenvalue weighted by molar-refractivity contribution is -0.119. The number of carbonyl (C=O) groups excluding carboxylic acids is 1. The molecule has 2 saturated heterocycles. The van der Waals surface area contributed by atoms with Crippen molar-refractivity contribution in [1.29, 1.82) is 0 Å². The SMILES string of the molecule is CN1CCN(C[C@@H]2CCC(=O)N2)CC1. The molecule has 0 spiro atoms. The van der Waals surface area contributed by atoms with Crippen LogP contribution in [-0.2, 0) is 4.79 Å². The number of hydrogen-bond donors (Lipinski definition) is 1. The van der Waals surface area contributed by atoms with E-state index in [1.165, 1.54) is 0 Å². The van der Waals surface area contributed by atoms with E-state index in [1.807, 2.05) is 0 Å². The average Bonchev–Trinajstić information content (AvgIpc) is 2.56. The largest absolute Gasteiger partial charge is 0.352 e. The van der Waals surface area contributed by atoms with Crippen LogP contribution in [0.4, 0.5) is 0 Å². The number of rotatable bonds is 2. The van der Waals surface area contributed by atoms with Crippen LogP contribution in [0.3, 0.4) is 0 Å². The molecule has 1 amide bonds. The minimum absolute atomic E-state index is 0.226. The molecule has 14 heavy (non-hydrogen) atoms. The Morgan fingerprint density at radius 3 is 2.64 bits per heavy atom.